The van der Waals surface area contributed by atoms with Crippen LogP contribution in [0.15, 0.2) is 18.3 Å². The van der Waals surface area contributed by atoms with Crippen LogP contribution in [0.25, 0.3) is 10.2 Å². The molecule has 1 atom stereocenters. The summed E-state index contributed by atoms with van der Waals surface area (Å²) < 4.78 is 12.3. The molecule has 1 saturated carbocycles. The number of H-pyrrole nitrogens is 1. The van der Waals surface area contributed by atoms with Crippen LogP contribution in [-0.2, 0) is 16.0 Å². The van der Waals surface area contributed by atoms with Crippen LogP contribution in [-0.4, -0.2) is 64.4 Å². The highest BCUT2D eigenvalue weighted by Crippen LogP contribution is 2.49. The van der Waals surface area contributed by atoms with Crippen molar-refractivity contribution in [3.8, 4) is 5.75 Å². The molecule has 1 aliphatic heterocycles. The first-order valence-electron chi connectivity index (χ1n) is 12.6. The van der Waals surface area contributed by atoms with Crippen molar-refractivity contribution < 1.29 is 14.3 Å². The third-order valence-electron chi connectivity index (χ3n) is 7.58. The summed E-state index contributed by atoms with van der Waals surface area (Å²) in [6.07, 6.45) is 8.52. The lowest BCUT2D eigenvalue weighted by atomic mass is 9.91. The number of rotatable bonds is 7. The van der Waals surface area contributed by atoms with E-state index in [-0.39, 0.29) is 17.9 Å². The molecule has 2 fully saturated rings. The molecule has 3 aliphatic rings. The quantitative estimate of drug-likeness (QED) is 0.456. The van der Waals surface area contributed by atoms with Crippen molar-refractivity contribution in [3.63, 3.8) is 0 Å². The fraction of sp³-hybridized carbons (Fsp3) is 0.560. The van der Waals surface area contributed by atoms with Gasteiger partial charge in [-0.25, -0.2) is 4.98 Å². The molecule has 2 aliphatic carbocycles. The topological polar surface area (TPSA) is 118 Å². The molecule has 9 nitrogen and oxygen atoms in total. The van der Waals surface area contributed by atoms with E-state index in [1.807, 2.05) is 12.1 Å². The first kappa shape index (κ1) is 22.8. The van der Waals surface area contributed by atoms with Crippen LogP contribution >= 0.6 is 11.3 Å². The number of aromatic amines is 1. The maximum absolute atomic E-state index is 11.8. The molecule has 186 valence electrons. The number of aryl methyl sites for hydroxylation is 1. The SMILES string of the molecule is NC(=O)C[C@H]1CCc2sc3nc(Nc4ccn[nH]4)cc(OC4CCC(N5CCOCC5)CC4)c3c21. The highest BCUT2D eigenvalue weighted by atomic mass is 32.1. The van der Waals surface area contributed by atoms with Crippen molar-refractivity contribution in [1.82, 2.24) is 20.1 Å². The van der Waals surface area contributed by atoms with Gasteiger partial charge in [-0.2, -0.15) is 5.10 Å². The lowest BCUT2D eigenvalue weighted by molar-refractivity contribution is -0.118. The molecular weight excluding hydrogens is 464 g/mol. The number of nitrogens with zero attached hydrogens (tertiary/aromatic N) is 3. The monoisotopic (exact) mass is 496 g/mol. The molecule has 3 aromatic heterocycles. The summed E-state index contributed by atoms with van der Waals surface area (Å²) in [5.74, 6) is 2.26. The number of nitrogens with two attached hydrogens (primary N) is 1. The van der Waals surface area contributed by atoms with Gasteiger partial charge in [-0.15, -0.1) is 11.3 Å². The number of aromatic nitrogens is 3. The van der Waals surface area contributed by atoms with E-state index >= 15 is 0 Å². The summed E-state index contributed by atoms with van der Waals surface area (Å²) in [7, 11) is 0. The van der Waals surface area contributed by atoms with Crippen molar-refractivity contribution in [2.24, 2.45) is 5.73 Å². The Hall–Kier alpha value is -2.69. The van der Waals surface area contributed by atoms with Crippen molar-refractivity contribution in [2.45, 2.75) is 63.0 Å². The van der Waals surface area contributed by atoms with Gasteiger partial charge in [0, 0.05) is 42.6 Å². The Morgan fingerprint density at radius 3 is 2.83 bits per heavy atom. The van der Waals surface area contributed by atoms with E-state index < -0.39 is 0 Å². The third-order valence-corrected chi connectivity index (χ3v) is 8.74. The molecule has 4 heterocycles. The molecular formula is C25H32N6O3S. The fourth-order valence-corrected chi connectivity index (χ4v) is 7.21. The third kappa shape index (κ3) is 4.74. The molecule has 0 aromatic carbocycles. The number of carbonyl (C=O) groups is 1. The Bertz CT molecular complexity index is 1180. The number of primary amides is 1. The van der Waals surface area contributed by atoms with Gasteiger partial charge in [0.2, 0.25) is 5.91 Å². The van der Waals surface area contributed by atoms with Gasteiger partial charge in [-0.1, -0.05) is 0 Å². The standard InChI is InChI=1S/C25H32N6O3S/c26-20(32)13-15-1-6-19-23(15)24-18(14-22(29-25(24)35-19)28-21-7-8-27-30-21)34-17-4-2-16(3-5-17)31-9-11-33-12-10-31/h7-8,14-17H,1-6,9-13H2,(H2,26,32)(H2,27,28,29,30)/t15-,16?,17?/m1/s1. The number of carbonyl (C=O) groups excluding carboxylic acids is 1. The van der Waals surface area contributed by atoms with Gasteiger partial charge in [-0.05, 0) is 50.0 Å². The molecule has 0 spiro atoms. The Kier molecular flexibility index (Phi) is 6.34. The lowest BCUT2D eigenvalue weighted by Gasteiger charge is -2.38. The molecule has 35 heavy (non-hydrogen) atoms. The minimum absolute atomic E-state index is 0.142. The summed E-state index contributed by atoms with van der Waals surface area (Å²) in [6, 6.07) is 4.50. The number of ether oxygens (including phenoxy) is 2. The van der Waals surface area contributed by atoms with Gasteiger partial charge in [-0.3, -0.25) is 14.8 Å². The van der Waals surface area contributed by atoms with Crippen molar-refractivity contribution >= 4 is 39.1 Å². The second-order valence-corrected chi connectivity index (χ2v) is 10.9. The van der Waals surface area contributed by atoms with Crippen LogP contribution in [0.4, 0.5) is 11.6 Å². The Morgan fingerprint density at radius 2 is 2.09 bits per heavy atom. The first-order chi connectivity index (χ1) is 17.1. The molecule has 1 amide bonds. The van der Waals surface area contributed by atoms with Crippen LogP contribution in [0.5, 0.6) is 5.75 Å². The summed E-state index contributed by atoms with van der Waals surface area (Å²) in [6.45, 7) is 3.75. The second-order valence-electron chi connectivity index (χ2n) is 9.82. The number of anilines is 2. The van der Waals surface area contributed by atoms with Gasteiger partial charge >= 0.3 is 0 Å². The minimum Gasteiger partial charge on any atom is -0.490 e. The molecule has 0 radical (unpaired) electrons. The highest BCUT2D eigenvalue weighted by Gasteiger charge is 2.33. The van der Waals surface area contributed by atoms with E-state index in [1.54, 1.807) is 17.5 Å². The van der Waals surface area contributed by atoms with Gasteiger partial charge < -0.3 is 20.5 Å². The van der Waals surface area contributed by atoms with E-state index in [2.05, 4.69) is 20.4 Å². The van der Waals surface area contributed by atoms with Crippen molar-refractivity contribution in [2.75, 3.05) is 31.6 Å². The van der Waals surface area contributed by atoms with E-state index in [0.717, 1.165) is 92.4 Å². The van der Waals surface area contributed by atoms with Crippen LogP contribution in [0.3, 0.4) is 0 Å². The maximum atomic E-state index is 11.8. The van der Waals surface area contributed by atoms with E-state index in [0.29, 0.717) is 12.5 Å². The molecule has 0 bridgehead atoms. The van der Waals surface area contributed by atoms with E-state index in [4.69, 9.17) is 20.2 Å². The van der Waals surface area contributed by atoms with Crippen LogP contribution in [0.1, 0.15) is 54.9 Å². The summed E-state index contributed by atoms with van der Waals surface area (Å²) in [5.41, 5.74) is 6.81. The summed E-state index contributed by atoms with van der Waals surface area (Å²) >= 11 is 1.71. The van der Waals surface area contributed by atoms with E-state index in [1.165, 1.54) is 10.4 Å². The largest absolute Gasteiger partial charge is 0.490 e. The zero-order chi connectivity index (χ0) is 23.8. The zero-order valence-corrected chi connectivity index (χ0v) is 20.6. The second kappa shape index (κ2) is 9.75. The number of morpholine rings is 1. The minimum atomic E-state index is -0.253. The molecule has 0 unspecified atom stereocenters. The Morgan fingerprint density at radius 1 is 1.26 bits per heavy atom. The van der Waals surface area contributed by atoms with Crippen molar-refractivity contribution in [1.29, 1.82) is 0 Å². The maximum Gasteiger partial charge on any atom is 0.218 e. The normalized spacial score (nSPS) is 25.0. The van der Waals surface area contributed by atoms with Crippen LogP contribution in [0, 0.1) is 0 Å². The average Bonchev–Trinajstić information content (AvgIpc) is 3.58. The molecule has 4 N–H and O–H groups in total. The average molecular weight is 497 g/mol. The van der Waals surface area contributed by atoms with E-state index in [9.17, 15) is 4.79 Å². The number of nitrogens with one attached hydrogen (secondary N) is 2. The number of pyridine rings is 1. The van der Waals surface area contributed by atoms with Gasteiger partial charge in [0.1, 0.15) is 22.2 Å². The number of amides is 1. The first-order valence-corrected chi connectivity index (χ1v) is 13.4. The number of thiophene rings is 1. The number of fused-ring (bicyclic) bond motifs is 3. The highest BCUT2D eigenvalue weighted by molar-refractivity contribution is 7.19. The van der Waals surface area contributed by atoms with Crippen LogP contribution < -0.4 is 15.8 Å². The summed E-state index contributed by atoms with van der Waals surface area (Å²) in [5, 5.41) is 11.3. The molecule has 3 aromatic rings. The zero-order valence-electron chi connectivity index (χ0n) is 19.8. The predicted octanol–water partition coefficient (Wildman–Crippen LogP) is 3.69. The smallest absolute Gasteiger partial charge is 0.218 e. The van der Waals surface area contributed by atoms with Gasteiger partial charge in [0.15, 0.2) is 0 Å². The van der Waals surface area contributed by atoms with Crippen molar-refractivity contribution in [3.05, 3.63) is 28.8 Å². The molecule has 10 heteroatoms. The van der Waals surface area contributed by atoms with Gasteiger partial charge in [0.25, 0.3) is 0 Å². The number of hydrogen-bond acceptors (Lipinski definition) is 8. The predicted molar refractivity (Wildman–Crippen MR) is 135 cm³/mol. The molecule has 6 rings (SSSR count). The fourth-order valence-electron chi connectivity index (χ4n) is 5.92. The number of hydrogen-bond donors (Lipinski definition) is 3. The Balaban J connectivity index is 1.28. The lowest BCUT2D eigenvalue weighted by Crippen LogP contribution is -2.46. The van der Waals surface area contributed by atoms with Gasteiger partial charge in [0.05, 0.1) is 30.9 Å². The Labute approximate surface area is 208 Å². The summed E-state index contributed by atoms with van der Waals surface area (Å²) in [4.78, 5) is 21.5. The molecule has 1 saturated heterocycles. The van der Waals surface area contributed by atoms with Crippen LogP contribution in [0.2, 0.25) is 0 Å².